The summed E-state index contributed by atoms with van der Waals surface area (Å²) in [4.78, 5) is 11.5. The minimum Gasteiger partial charge on any atom is -0.495 e. The molecular weight excluding hydrogens is 347 g/mol. The maximum atomic E-state index is 13.5. The molecule has 0 spiro atoms. The monoisotopic (exact) mass is 362 g/mol. The highest BCUT2D eigenvalue weighted by atomic mass is 35.5. The maximum Gasteiger partial charge on any atom is 0.336 e. The van der Waals surface area contributed by atoms with Gasteiger partial charge in [-0.25, -0.2) is 9.18 Å². The van der Waals surface area contributed by atoms with E-state index in [9.17, 15) is 14.3 Å². The average Bonchev–Trinajstić information content (AvgIpc) is 2.60. The Hall–Kier alpha value is -2.79. The lowest BCUT2D eigenvalue weighted by molar-refractivity contribution is -0.130. The van der Waals surface area contributed by atoms with Crippen LogP contribution in [0.3, 0.4) is 0 Å². The van der Waals surface area contributed by atoms with Gasteiger partial charge in [-0.1, -0.05) is 42.0 Å². The van der Waals surface area contributed by atoms with Crippen LogP contribution in [0.15, 0.2) is 48.6 Å². The smallest absolute Gasteiger partial charge is 0.336 e. The third-order valence-electron chi connectivity index (χ3n) is 3.44. The highest BCUT2D eigenvalue weighted by molar-refractivity contribution is 6.33. The van der Waals surface area contributed by atoms with Crippen LogP contribution < -0.4 is 9.47 Å². The molecule has 2 aromatic carbocycles. The normalized spacial score (nSPS) is 11.6. The summed E-state index contributed by atoms with van der Waals surface area (Å²) in [5.41, 5.74) is 0.999. The lowest BCUT2D eigenvalue weighted by Gasteiger charge is -2.06. The number of carbonyl (C=O) groups is 1. The number of allylic oxidation sites excluding steroid dienone is 2. The van der Waals surface area contributed by atoms with Crippen LogP contribution in [0.2, 0.25) is 5.02 Å². The van der Waals surface area contributed by atoms with Crippen molar-refractivity contribution < 1.29 is 23.8 Å². The zero-order valence-electron chi connectivity index (χ0n) is 13.6. The van der Waals surface area contributed by atoms with Crippen molar-refractivity contribution in [2.24, 2.45) is 0 Å². The molecule has 2 rings (SSSR count). The second-order valence-corrected chi connectivity index (χ2v) is 5.34. The number of rotatable bonds is 6. The Morgan fingerprint density at radius 3 is 2.52 bits per heavy atom. The molecule has 4 nitrogen and oxygen atoms in total. The van der Waals surface area contributed by atoms with Gasteiger partial charge in [-0.2, -0.15) is 0 Å². The molecule has 0 aliphatic rings. The van der Waals surface area contributed by atoms with E-state index in [2.05, 4.69) is 0 Å². The zero-order chi connectivity index (χ0) is 18.4. The first-order valence-electron chi connectivity index (χ1n) is 7.26. The molecule has 0 fully saturated rings. The van der Waals surface area contributed by atoms with Crippen molar-refractivity contribution in [2.75, 3.05) is 14.2 Å². The van der Waals surface area contributed by atoms with E-state index >= 15 is 0 Å². The molecule has 0 saturated carbocycles. The molecule has 2 aromatic rings. The molecule has 0 aromatic heterocycles. The number of carboxylic acids is 1. The number of halogens is 2. The van der Waals surface area contributed by atoms with Gasteiger partial charge in [0.1, 0.15) is 5.75 Å². The molecule has 130 valence electrons. The first-order chi connectivity index (χ1) is 12.0. The largest absolute Gasteiger partial charge is 0.495 e. The summed E-state index contributed by atoms with van der Waals surface area (Å²) >= 11 is 6.19. The molecule has 1 N–H and O–H groups in total. The lowest BCUT2D eigenvalue weighted by Crippen LogP contribution is -2.00. The van der Waals surface area contributed by atoms with Crippen LogP contribution in [0.1, 0.15) is 11.1 Å². The van der Waals surface area contributed by atoms with E-state index in [0.717, 1.165) is 6.07 Å². The van der Waals surface area contributed by atoms with Crippen LogP contribution in [-0.2, 0) is 4.79 Å². The van der Waals surface area contributed by atoms with Gasteiger partial charge in [0.2, 0.25) is 0 Å². The standard InChI is InChI=1S/C19H16ClFO4/c1-24-16-8-4-6-12(18(16)20)5-3-7-14(19(22)23)13-9-10-15(21)17(11-13)25-2/h3-11H,1-2H3,(H,22,23)/b5-3+,14-7+. The van der Waals surface area contributed by atoms with Crippen molar-refractivity contribution >= 4 is 29.2 Å². The van der Waals surface area contributed by atoms with Gasteiger partial charge in [-0.15, -0.1) is 0 Å². The van der Waals surface area contributed by atoms with E-state index in [1.54, 1.807) is 30.4 Å². The Kier molecular flexibility index (Phi) is 6.19. The molecule has 0 radical (unpaired) electrons. The van der Waals surface area contributed by atoms with E-state index in [4.69, 9.17) is 21.1 Å². The Morgan fingerprint density at radius 2 is 1.88 bits per heavy atom. The molecule has 6 heteroatoms. The topological polar surface area (TPSA) is 55.8 Å². The fourth-order valence-electron chi connectivity index (χ4n) is 2.18. The number of hydrogen-bond donors (Lipinski definition) is 1. The second-order valence-electron chi connectivity index (χ2n) is 4.96. The molecule has 0 bridgehead atoms. The summed E-state index contributed by atoms with van der Waals surface area (Å²) in [6, 6.07) is 9.15. The Morgan fingerprint density at radius 1 is 1.16 bits per heavy atom. The van der Waals surface area contributed by atoms with Gasteiger partial charge in [0.25, 0.3) is 0 Å². The highest BCUT2D eigenvalue weighted by Gasteiger charge is 2.12. The predicted molar refractivity (Wildman–Crippen MR) is 95.6 cm³/mol. The number of benzene rings is 2. The van der Waals surface area contributed by atoms with Gasteiger partial charge in [0.15, 0.2) is 11.6 Å². The first-order valence-corrected chi connectivity index (χ1v) is 7.63. The number of aliphatic carboxylic acids is 1. The molecule has 0 amide bonds. The van der Waals surface area contributed by atoms with E-state index in [1.807, 2.05) is 0 Å². The van der Waals surface area contributed by atoms with Gasteiger partial charge in [0, 0.05) is 0 Å². The number of ether oxygens (including phenoxy) is 2. The van der Waals surface area contributed by atoms with Crippen LogP contribution in [0.25, 0.3) is 11.6 Å². The van der Waals surface area contributed by atoms with E-state index in [1.165, 1.54) is 32.4 Å². The molecule has 0 atom stereocenters. The molecule has 0 aliphatic carbocycles. The quantitative estimate of drug-likeness (QED) is 0.599. The molecule has 0 saturated heterocycles. The molecule has 0 unspecified atom stereocenters. The third-order valence-corrected chi connectivity index (χ3v) is 3.85. The molecule has 0 aliphatic heterocycles. The average molecular weight is 363 g/mol. The van der Waals surface area contributed by atoms with Crippen LogP contribution in [0, 0.1) is 5.82 Å². The van der Waals surface area contributed by atoms with E-state index in [0.29, 0.717) is 21.9 Å². The first kappa shape index (κ1) is 18.5. The Labute approximate surface area is 149 Å². The van der Waals surface area contributed by atoms with Gasteiger partial charge in [0.05, 0.1) is 24.8 Å². The SMILES string of the molecule is COc1cc(/C(=C\C=C\c2cccc(OC)c2Cl)C(=O)O)ccc1F. The fourth-order valence-corrected chi connectivity index (χ4v) is 2.45. The lowest BCUT2D eigenvalue weighted by atomic mass is 10.0. The minimum atomic E-state index is -1.14. The van der Waals surface area contributed by atoms with Crippen LogP contribution in [-0.4, -0.2) is 25.3 Å². The van der Waals surface area contributed by atoms with Crippen LogP contribution in [0.5, 0.6) is 11.5 Å². The Balaban J connectivity index is 2.37. The second kappa shape index (κ2) is 8.35. The summed E-state index contributed by atoms with van der Waals surface area (Å²) in [7, 11) is 2.83. The number of hydrogen-bond acceptors (Lipinski definition) is 3. The molecular formula is C19H16ClFO4. The predicted octanol–water partition coefficient (Wildman–Crippen LogP) is 4.68. The third kappa shape index (κ3) is 4.39. The van der Waals surface area contributed by atoms with Crippen molar-refractivity contribution in [3.63, 3.8) is 0 Å². The van der Waals surface area contributed by atoms with E-state index in [-0.39, 0.29) is 11.3 Å². The van der Waals surface area contributed by atoms with Crippen LogP contribution >= 0.6 is 11.6 Å². The maximum absolute atomic E-state index is 13.5. The van der Waals surface area contributed by atoms with Gasteiger partial charge < -0.3 is 14.6 Å². The molecule has 25 heavy (non-hydrogen) atoms. The van der Waals surface area contributed by atoms with Gasteiger partial charge in [-0.05, 0) is 35.4 Å². The van der Waals surface area contributed by atoms with E-state index < -0.39 is 11.8 Å². The minimum absolute atomic E-state index is 0.00596. The van der Waals surface area contributed by atoms with Crippen molar-refractivity contribution in [3.8, 4) is 11.5 Å². The van der Waals surface area contributed by atoms with Crippen LogP contribution in [0.4, 0.5) is 4.39 Å². The van der Waals surface area contributed by atoms with Crippen molar-refractivity contribution in [3.05, 3.63) is 70.5 Å². The summed E-state index contributed by atoms with van der Waals surface area (Å²) in [5, 5.41) is 9.84. The van der Waals surface area contributed by atoms with Crippen molar-refractivity contribution in [2.45, 2.75) is 0 Å². The fraction of sp³-hybridized carbons (Fsp3) is 0.105. The van der Waals surface area contributed by atoms with Crippen molar-refractivity contribution in [1.82, 2.24) is 0 Å². The highest BCUT2D eigenvalue weighted by Crippen LogP contribution is 2.29. The zero-order valence-corrected chi connectivity index (χ0v) is 14.4. The summed E-state index contributed by atoms with van der Waals surface area (Å²) in [6.07, 6.45) is 4.62. The molecule has 0 heterocycles. The summed E-state index contributed by atoms with van der Waals surface area (Å²) < 4.78 is 23.5. The number of methoxy groups -OCH3 is 2. The van der Waals surface area contributed by atoms with Gasteiger partial charge >= 0.3 is 5.97 Å². The Bertz CT molecular complexity index is 843. The summed E-state index contributed by atoms with van der Waals surface area (Å²) in [6.45, 7) is 0. The number of carboxylic acid groups (broad SMARTS) is 1. The summed E-state index contributed by atoms with van der Waals surface area (Å²) in [5.74, 6) is -1.20. The van der Waals surface area contributed by atoms with Gasteiger partial charge in [-0.3, -0.25) is 0 Å². The van der Waals surface area contributed by atoms with Crippen molar-refractivity contribution in [1.29, 1.82) is 0 Å².